The van der Waals surface area contributed by atoms with Crippen LogP contribution in [0.1, 0.15) is 26.2 Å². The summed E-state index contributed by atoms with van der Waals surface area (Å²) < 4.78 is 0. The van der Waals surface area contributed by atoms with Gasteiger partial charge in [-0.15, -0.1) is 12.4 Å². The Morgan fingerprint density at radius 3 is 2.57 bits per heavy atom. The lowest BCUT2D eigenvalue weighted by Crippen LogP contribution is -2.43. The van der Waals surface area contributed by atoms with E-state index in [9.17, 15) is 4.79 Å². The van der Waals surface area contributed by atoms with Gasteiger partial charge in [-0.05, 0) is 31.1 Å². The minimum atomic E-state index is 0. The van der Waals surface area contributed by atoms with Crippen LogP contribution < -0.4 is 10.6 Å². The van der Waals surface area contributed by atoms with Crippen LogP contribution in [0.25, 0.3) is 0 Å². The van der Waals surface area contributed by atoms with Gasteiger partial charge in [-0.2, -0.15) is 0 Å². The molecule has 80 valence electrons. The summed E-state index contributed by atoms with van der Waals surface area (Å²) in [6, 6.07) is 1.27. The zero-order chi connectivity index (χ0) is 9.00. The fourth-order valence-electron chi connectivity index (χ4n) is 2.33. The minimum absolute atomic E-state index is 0. The van der Waals surface area contributed by atoms with Gasteiger partial charge in [-0.25, -0.2) is 0 Å². The van der Waals surface area contributed by atoms with E-state index >= 15 is 0 Å². The monoisotopic (exact) mass is 216 g/mol. The topological polar surface area (TPSA) is 41.1 Å². The van der Waals surface area contributed by atoms with E-state index in [4.69, 9.17) is 0 Å². The van der Waals surface area contributed by atoms with E-state index in [0.29, 0.717) is 18.0 Å². The molecule has 4 heteroatoms. The standard InChI is InChI=1S/C10H16N2O.ClH/c1-5-2-7(5)12-10(13)9-4-6-3-8(6)11-9;/h5-9,11H,2-4H2,1H3,(H,12,13);1H/t5?,6-,7?,8-,9+;/m1./s1. The van der Waals surface area contributed by atoms with Gasteiger partial charge in [0.1, 0.15) is 0 Å². The van der Waals surface area contributed by atoms with Crippen LogP contribution in [0.4, 0.5) is 0 Å². The second-order valence-electron chi connectivity index (χ2n) is 4.89. The van der Waals surface area contributed by atoms with Gasteiger partial charge in [0.25, 0.3) is 0 Å². The van der Waals surface area contributed by atoms with E-state index in [1.807, 2.05) is 0 Å². The second kappa shape index (κ2) is 3.38. The molecule has 0 spiro atoms. The van der Waals surface area contributed by atoms with Gasteiger partial charge in [0, 0.05) is 12.1 Å². The van der Waals surface area contributed by atoms with Crippen LogP contribution in [0.5, 0.6) is 0 Å². The highest BCUT2D eigenvalue weighted by Gasteiger charge is 2.48. The number of nitrogens with one attached hydrogen (secondary N) is 2. The summed E-state index contributed by atoms with van der Waals surface area (Å²) in [6.45, 7) is 2.19. The number of hydrogen-bond acceptors (Lipinski definition) is 2. The number of amides is 1. The SMILES string of the molecule is CC1CC1NC(=O)[C@@H]1C[C@H]2C[C@H]2N1.Cl. The van der Waals surface area contributed by atoms with Crippen molar-refractivity contribution < 1.29 is 4.79 Å². The highest BCUT2D eigenvalue weighted by Crippen LogP contribution is 2.41. The Labute approximate surface area is 90.4 Å². The predicted molar refractivity (Wildman–Crippen MR) is 56.4 cm³/mol. The van der Waals surface area contributed by atoms with Crippen LogP contribution in [-0.2, 0) is 4.79 Å². The summed E-state index contributed by atoms with van der Waals surface area (Å²) in [5, 5.41) is 6.45. The largest absolute Gasteiger partial charge is 0.352 e. The van der Waals surface area contributed by atoms with Gasteiger partial charge in [0.2, 0.25) is 5.91 Å². The molecule has 3 nitrogen and oxygen atoms in total. The van der Waals surface area contributed by atoms with E-state index in [1.54, 1.807) is 0 Å². The first-order valence-corrected chi connectivity index (χ1v) is 5.30. The lowest BCUT2D eigenvalue weighted by atomic mass is 10.1. The van der Waals surface area contributed by atoms with Crippen LogP contribution in [0, 0.1) is 11.8 Å². The number of carbonyl (C=O) groups excluding carboxylic acids is 1. The van der Waals surface area contributed by atoms with Gasteiger partial charge in [0.05, 0.1) is 6.04 Å². The number of rotatable bonds is 2. The fourth-order valence-corrected chi connectivity index (χ4v) is 2.33. The molecule has 3 aliphatic rings. The van der Waals surface area contributed by atoms with Crippen molar-refractivity contribution in [1.29, 1.82) is 0 Å². The third-order valence-electron chi connectivity index (χ3n) is 3.63. The fraction of sp³-hybridized carbons (Fsp3) is 0.900. The first-order valence-electron chi connectivity index (χ1n) is 5.30. The quantitative estimate of drug-likeness (QED) is 0.713. The Morgan fingerprint density at radius 2 is 2.07 bits per heavy atom. The molecule has 1 heterocycles. The molecule has 14 heavy (non-hydrogen) atoms. The molecule has 0 radical (unpaired) electrons. The van der Waals surface area contributed by atoms with Gasteiger partial charge in [-0.1, -0.05) is 6.92 Å². The summed E-state index contributed by atoms with van der Waals surface area (Å²) in [4.78, 5) is 11.6. The van der Waals surface area contributed by atoms with Crippen molar-refractivity contribution in [3.63, 3.8) is 0 Å². The van der Waals surface area contributed by atoms with Crippen LogP contribution in [0.3, 0.4) is 0 Å². The molecule has 1 aliphatic heterocycles. The molecule has 1 saturated heterocycles. The van der Waals surface area contributed by atoms with Crippen molar-refractivity contribution in [2.24, 2.45) is 11.8 Å². The molecule has 2 N–H and O–H groups in total. The van der Waals surface area contributed by atoms with Crippen molar-refractivity contribution in [2.75, 3.05) is 0 Å². The summed E-state index contributed by atoms with van der Waals surface area (Å²) in [7, 11) is 0. The van der Waals surface area contributed by atoms with Crippen LogP contribution in [-0.4, -0.2) is 24.0 Å². The van der Waals surface area contributed by atoms with Crippen LogP contribution in [0.15, 0.2) is 0 Å². The average molecular weight is 217 g/mol. The third-order valence-corrected chi connectivity index (χ3v) is 3.63. The number of hydrogen-bond donors (Lipinski definition) is 2. The first-order chi connectivity index (χ1) is 6.24. The Bertz CT molecular complexity index is 249. The van der Waals surface area contributed by atoms with E-state index in [2.05, 4.69) is 17.6 Å². The first kappa shape index (κ1) is 10.2. The summed E-state index contributed by atoms with van der Waals surface area (Å²) in [5.41, 5.74) is 0. The zero-order valence-corrected chi connectivity index (χ0v) is 9.14. The van der Waals surface area contributed by atoms with Crippen molar-refractivity contribution in [1.82, 2.24) is 10.6 Å². The lowest BCUT2D eigenvalue weighted by Gasteiger charge is -2.12. The average Bonchev–Trinajstić information content (AvgIpc) is 2.95. The molecule has 0 aromatic rings. The van der Waals surface area contributed by atoms with Crippen molar-refractivity contribution in [3.8, 4) is 0 Å². The normalized spacial score (nSPS) is 47.6. The summed E-state index contributed by atoms with van der Waals surface area (Å²) in [5.74, 6) is 1.76. The van der Waals surface area contributed by atoms with Gasteiger partial charge in [0.15, 0.2) is 0 Å². The number of piperidine rings is 1. The lowest BCUT2D eigenvalue weighted by molar-refractivity contribution is -0.123. The Hall–Kier alpha value is -0.280. The molecule has 5 atom stereocenters. The molecule has 0 bridgehead atoms. The molecule has 1 amide bonds. The molecule has 0 aromatic heterocycles. The third kappa shape index (κ3) is 1.75. The molecule has 2 unspecified atom stereocenters. The van der Waals surface area contributed by atoms with Gasteiger partial charge < -0.3 is 10.6 Å². The van der Waals surface area contributed by atoms with E-state index < -0.39 is 0 Å². The van der Waals surface area contributed by atoms with Gasteiger partial charge >= 0.3 is 0 Å². The Morgan fingerprint density at radius 1 is 1.36 bits per heavy atom. The molecular weight excluding hydrogens is 200 g/mol. The van der Waals surface area contributed by atoms with Gasteiger partial charge in [-0.3, -0.25) is 4.79 Å². The summed E-state index contributed by atoms with van der Waals surface area (Å²) >= 11 is 0. The van der Waals surface area contributed by atoms with Crippen molar-refractivity contribution in [3.05, 3.63) is 0 Å². The predicted octanol–water partition coefficient (Wildman–Crippen LogP) is 0.683. The summed E-state index contributed by atoms with van der Waals surface area (Å²) in [6.07, 6.45) is 3.53. The van der Waals surface area contributed by atoms with E-state index in [-0.39, 0.29) is 24.4 Å². The maximum absolute atomic E-state index is 11.6. The molecule has 2 saturated carbocycles. The Kier molecular flexibility index (Phi) is 2.48. The highest BCUT2D eigenvalue weighted by atomic mass is 35.5. The van der Waals surface area contributed by atoms with Crippen LogP contribution >= 0.6 is 12.4 Å². The second-order valence-corrected chi connectivity index (χ2v) is 4.89. The van der Waals surface area contributed by atoms with Crippen molar-refractivity contribution >= 4 is 18.3 Å². The van der Waals surface area contributed by atoms with E-state index in [1.165, 1.54) is 12.8 Å². The van der Waals surface area contributed by atoms with Crippen molar-refractivity contribution in [2.45, 2.75) is 44.3 Å². The molecular formula is C10H17ClN2O. The highest BCUT2D eigenvalue weighted by molar-refractivity contribution is 5.85. The Balaban J connectivity index is 0.000000750. The maximum atomic E-state index is 11.6. The number of carbonyl (C=O) groups is 1. The maximum Gasteiger partial charge on any atom is 0.237 e. The number of halogens is 1. The number of fused-ring (bicyclic) bond motifs is 1. The minimum Gasteiger partial charge on any atom is -0.352 e. The molecule has 0 aromatic carbocycles. The van der Waals surface area contributed by atoms with E-state index in [0.717, 1.165) is 12.3 Å². The molecule has 3 rings (SSSR count). The zero-order valence-electron chi connectivity index (χ0n) is 8.32. The van der Waals surface area contributed by atoms with Crippen LogP contribution in [0.2, 0.25) is 0 Å². The smallest absolute Gasteiger partial charge is 0.237 e. The molecule has 3 fully saturated rings. The molecule has 2 aliphatic carbocycles.